The Morgan fingerprint density at radius 2 is 1.95 bits per heavy atom. The van der Waals surface area contributed by atoms with Gasteiger partial charge in [-0.15, -0.1) is 11.3 Å². The number of thiazole rings is 1. The smallest absolute Gasteiger partial charge is 0.220 e. The molecule has 6 rings (SSSR count). The number of phenolic OH excluding ortho intramolecular Hbond substituents is 1. The van der Waals surface area contributed by atoms with Gasteiger partial charge in [-0.05, 0) is 41.8 Å². The van der Waals surface area contributed by atoms with Crippen molar-refractivity contribution in [3.05, 3.63) is 88.9 Å². The topological polar surface area (TPSA) is 83.9 Å². The van der Waals surface area contributed by atoms with E-state index >= 15 is 0 Å². The Morgan fingerprint density at radius 1 is 1.08 bits per heavy atom. The van der Waals surface area contributed by atoms with Gasteiger partial charge in [0.25, 0.3) is 0 Å². The van der Waals surface area contributed by atoms with E-state index in [2.05, 4.69) is 27.3 Å². The first-order valence-electron chi connectivity index (χ1n) is 12.8. The van der Waals surface area contributed by atoms with E-state index in [0.29, 0.717) is 30.1 Å². The molecule has 194 valence electrons. The number of nitrogens with one attached hydrogen (secondary N) is 1. The van der Waals surface area contributed by atoms with Crippen molar-refractivity contribution in [2.75, 3.05) is 20.2 Å². The van der Waals surface area contributed by atoms with Gasteiger partial charge in [0.15, 0.2) is 23.0 Å². The fraction of sp³-hybridized carbons (Fsp3) is 0.267. The summed E-state index contributed by atoms with van der Waals surface area (Å²) in [5.74, 6) is 1.62. The first-order valence-corrected chi connectivity index (χ1v) is 13.6. The van der Waals surface area contributed by atoms with Gasteiger partial charge in [-0.2, -0.15) is 0 Å². The van der Waals surface area contributed by atoms with Crippen LogP contribution in [0.3, 0.4) is 0 Å². The highest BCUT2D eigenvalue weighted by molar-refractivity contribution is 7.15. The number of carbonyl (C=O) groups is 1. The van der Waals surface area contributed by atoms with Gasteiger partial charge in [-0.1, -0.05) is 42.5 Å². The lowest BCUT2D eigenvalue weighted by molar-refractivity contribution is -0.121. The second-order valence-corrected chi connectivity index (χ2v) is 10.9. The highest BCUT2D eigenvalue weighted by atomic mass is 32.1. The van der Waals surface area contributed by atoms with Crippen molar-refractivity contribution in [1.82, 2.24) is 15.2 Å². The first kappa shape index (κ1) is 24.5. The van der Waals surface area contributed by atoms with Crippen LogP contribution in [0, 0.1) is 0 Å². The van der Waals surface area contributed by atoms with Crippen molar-refractivity contribution >= 4 is 17.2 Å². The Hall–Kier alpha value is -3.88. The molecule has 2 aliphatic heterocycles. The van der Waals surface area contributed by atoms with Crippen molar-refractivity contribution in [2.24, 2.45) is 0 Å². The number of phenols is 1. The minimum Gasteiger partial charge on any atom is -0.504 e. The third kappa shape index (κ3) is 5.10. The molecule has 1 aromatic heterocycles. The van der Waals surface area contributed by atoms with Crippen LogP contribution in [0.1, 0.15) is 28.3 Å². The summed E-state index contributed by atoms with van der Waals surface area (Å²) in [6, 6.07) is 21.3. The molecule has 0 unspecified atom stereocenters. The number of aromatic hydroxyl groups is 1. The van der Waals surface area contributed by atoms with Crippen LogP contribution in [0.2, 0.25) is 0 Å². The van der Waals surface area contributed by atoms with E-state index in [1.807, 2.05) is 48.7 Å². The van der Waals surface area contributed by atoms with Gasteiger partial charge in [-0.3, -0.25) is 9.69 Å². The molecule has 1 amide bonds. The zero-order chi connectivity index (χ0) is 26.1. The minimum atomic E-state index is -0.0393. The average molecular weight is 528 g/mol. The third-order valence-corrected chi connectivity index (χ3v) is 8.23. The van der Waals surface area contributed by atoms with Crippen LogP contribution in [0.15, 0.2) is 72.9 Å². The van der Waals surface area contributed by atoms with Gasteiger partial charge in [0.1, 0.15) is 5.01 Å². The van der Waals surface area contributed by atoms with Crippen molar-refractivity contribution in [3.63, 3.8) is 0 Å². The average Bonchev–Trinajstić information content (AvgIpc) is 3.56. The van der Waals surface area contributed by atoms with Gasteiger partial charge >= 0.3 is 0 Å². The molecule has 38 heavy (non-hydrogen) atoms. The number of hydrogen-bond donors (Lipinski definition) is 2. The monoisotopic (exact) mass is 527 g/mol. The van der Waals surface area contributed by atoms with Gasteiger partial charge in [0.2, 0.25) is 5.91 Å². The zero-order valence-electron chi connectivity index (χ0n) is 21.1. The van der Waals surface area contributed by atoms with E-state index in [9.17, 15) is 9.90 Å². The number of hydrogen-bond acceptors (Lipinski definition) is 7. The predicted octanol–water partition coefficient (Wildman–Crippen LogP) is 5.35. The number of rotatable bonds is 4. The maximum atomic E-state index is 13.0. The Labute approximate surface area is 225 Å². The van der Waals surface area contributed by atoms with Crippen LogP contribution in [0.4, 0.5) is 0 Å². The van der Waals surface area contributed by atoms with Crippen LogP contribution >= 0.6 is 11.3 Å². The number of fused-ring (bicyclic) bond motifs is 6. The molecule has 1 saturated heterocycles. The molecule has 2 aliphatic rings. The molecule has 2 atom stereocenters. The molecular formula is C30H29N3O4S. The molecule has 1 fully saturated rings. The molecule has 4 aromatic rings. The fourth-order valence-electron chi connectivity index (χ4n) is 5.27. The fourth-order valence-corrected chi connectivity index (χ4v) is 6.23. The summed E-state index contributed by atoms with van der Waals surface area (Å²) in [4.78, 5) is 21.2. The summed E-state index contributed by atoms with van der Waals surface area (Å²) >= 11 is 1.71. The van der Waals surface area contributed by atoms with Crippen molar-refractivity contribution in [1.29, 1.82) is 0 Å². The number of aromatic nitrogens is 1. The summed E-state index contributed by atoms with van der Waals surface area (Å²) < 4.78 is 11.7. The summed E-state index contributed by atoms with van der Waals surface area (Å²) in [7, 11) is 1.60. The Balaban J connectivity index is 1.29. The molecule has 0 radical (unpaired) electrons. The molecule has 3 heterocycles. The second kappa shape index (κ2) is 10.5. The first-order chi connectivity index (χ1) is 18.6. The van der Waals surface area contributed by atoms with E-state index in [4.69, 9.17) is 9.47 Å². The summed E-state index contributed by atoms with van der Waals surface area (Å²) in [6.45, 7) is 2.30. The van der Waals surface area contributed by atoms with Crippen molar-refractivity contribution < 1.29 is 19.4 Å². The molecule has 7 nitrogen and oxygen atoms in total. The standard InChI is InChI=1S/C30H29N3O4S/c1-36-26-11-9-21-14-28(26)37-27-13-19(7-10-25(27)34)8-12-29(35)32-24-18-33(17-23(21)24)16-22-15-31-30(38-22)20-5-3-2-4-6-20/h2-7,9-11,13-15,23-24,34H,8,12,16-18H2,1H3,(H,32,35)/t23-,24+/m0/s1. The number of amides is 1. The van der Waals surface area contributed by atoms with Crippen LogP contribution in [-0.2, 0) is 17.8 Å². The van der Waals surface area contributed by atoms with E-state index < -0.39 is 0 Å². The highest BCUT2D eigenvalue weighted by Gasteiger charge is 2.35. The molecule has 4 bridgehead atoms. The Morgan fingerprint density at radius 3 is 2.79 bits per heavy atom. The number of carbonyl (C=O) groups excluding carboxylic acids is 1. The van der Waals surface area contributed by atoms with Crippen molar-refractivity contribution in [3.8, 4) is 33.6 Å². The molecule has 0 spiro atoms. The largest absolute Gasteiger partial charge is 0.504 e. The lowest BCUT2D eigenvalue weighted by Crippen LogP contribution is -2.39. The molecule has 0 aliphatic carbocycles. The maximum absolute atomic E-state index is 13.0. The summed E-state index contributed by atoms with van der Waals surface area (Å²) in [6.07, 6.45) is 2.88. The van der Waals surface area contributed by atoms with Crippen LogP contribution in [-0.4, -0.2) is 47.1 Å². The maximum Gasteiger partial charge on any atom is 0.220 e. The molecule has 0 saturated carbocycles. The Bertz CT molecular complexity index is 1460. The molecule has 8 heteroatoms. The number of nitrogens with zero attached hydrogens (tertiary/aromatic N) is 2. The van der Waals surface area contributed by atoms with E-state index in [1.54, 1.807) is 30.6 Å². The molecule has 3 aromatic carbocycles. The van der Waals surface area contributed by atoms with Crippen molar-refractivity contribution in [2.45, 2.75) is 31.3 Å². The highest BCUT2D eigenvalue weighted by Crippen LogP contribution is 2.40. The summed E-state index contributed by atoms with van der Waals surface area (Å²) in [5.41, 5.74) is 3.10. The SMILES string of the molecule is COc1ccc2cc1Oc1cc(ccc1O)CCC(=O)N[C@@H]1CN(Cc3cnc(-c4ccccc4)s3)C[C@@H]21. The van der Waals surface area contributed by atoms with Crippen LogP contribution < -0.4 is 14.8 Å². The second-order valence-electron chi connectivity index (χ2n) is 9.79. The van der Waals surface area contributed by atoms with Gasteiger partial charge in [-0.25, -0.2) is 4.98 Å². The number of ether oxygens (including phenoxy) is 2. The van der Waals surface area contributed by atoms with Gasteiger partial charge in [0.05, 0.1) is 7.11 Å². The minimum absolute atomic E-state index is 0.0227. The number of aryl methyl sites for hydroxylation is 1. The van der Waals surface area contributed by atoms with Gasteiger partial charge < -0.3 is 19.9 Å². The van der Waals surface area contributed by atoms with Crippen LogP contribution in [0.5, 0.6) is 23.0 Å². The zero-order valence-corrected chi connectivity index (χ0v) is 21.9. The van der Waals surface area contributed by atoms with E-state index in [-0.39, 0.29) is 23.6 Å². The molecule has 2 N–H and O–H groups in total. The van der Waals surface area contributed by atoms with E-state index in [0.717, 1.165) is 41.3 Å². The molecular weight excluding hydrogens is 498 g/mol. The third-order valence-electron chi connectivity index (χ3n) is 7.20. The lowest BCUT2D eigenvalue weighted by atomic mass is 9.93. The van der Waals surface area contributed by atoms with Gasteiger partial charge in [0, 0.05) is 54.7 Å². The number of benzene rings is 3. The predicted molar refractivity (Wildman–Crippen MR) is 147 cm³/mol. The van der Waals surface area contributed by atoms with E-state index in [1.165, 1.54) is 4.88 Å². The van der Waals surface area contributed by atoms with Crippen LogP contribution in [0.25, 0.3) is 10.6 Å². The summed E-state index contributed by atoms with van der Waals surface area (Å²) in [5, 5.41) is 14.7. The Kier molecular flexibility index (Phi) is 6.74. The number of likely N-dealkylation sites (tertiary alicyclic amines) is 1. The lowest BCUT2D eigenvalue weighted by Gasteiger charge is -2.21. The normalized spacial score (nSPS) is 19.3. The number of methoxy groups -OCH3 is 1. The quantitative estimate of drug-likeness (QED) is 0.372.